The Labute approximate surface area is 118 Å². The topological polar surface area (TPSA) is 21.3 Å². The molecule has 1 N–H and O–H groups in total. The molecule has 0 aliphatic heterocycles. The van der Waals surface area contributed by atoms with E-state index in [1.165, 1.54) is 5.56 Å². The van der Waals surface area contributed by atoms with Crippen LogP contribution < -0.4 is 5.32 Å². The number of hydrogen-bond acceptors (Lipinski definition) is 2. The predicted molar refractivity (Wildman–Crippen MR) is 82.7 cm³/mol. The summed E-state index contributed by atoms with van der Waals surface area (Å²) in [5.74, 6) is 0. The number of rotatable bonds is 7. The number of benzene rings is 1. The largest absolute Gasteiger partial charge is 0.385 e. The van der Waals surface area contributed by atoms with Gasteiger partial charge in [0.2, 0.25) is 0 Å². The van der Waals surface area contributed by atoms with Gasteiger partial charge in [-0.1, -0.05) is 37.3 Å². The van der Waals surface area contributed by atoms with Crippen molar-refractivity contribution in [3.63, 3.8) is 0 Å². The highest BCUT2D eigenvalue weighted by atomic mass is 16.5. The fourth-order valence-corrected chi connectivity index (χ4v) is 2.36. The normalized spacial score (nSPS) is 15.2. The van der Waals surface area contributed by atoms with Crippen LogP contribution in [-0.2, 0) is 10.2 Å². The standard InChI is InChI=1S/C17H29NO/c1-6-17(12-13-19-5,14-18-16(2,3)4)15-10-8-7-9-11-15/h7-11,18H,6,12-14H2,1-5H3. The molecule has 0 spiro atoms. The van der Waals surface area contributed by atoms with Gasteiger partial charge in [0.25, 0.3) is 0 Å². The van der Waals surface area contributed by atoms with Crippen LogP contribution in [-0.4, -0.2) is 25.8 Å². The maximum Gasteiger partial charge on any atom is 0.0471 e. The van der Waals surface area contributed by atoms with Crippen molar-refractivity contribution in [1.29, 1.82) is 0 Å². The molecule has 2 heteroatoms. The lowest BCUT2D eigenvalue weighted by Gasteiger charge is -2.36. The average Bonchev–Trinajstić information content (AvgIpc) is 2.40. The highest BCUT2D eigenvalue weighted by Gasteiger charge is 2.31. The maximum atomic E-state index is 5.32. The minimum absolute atomic E-state index is 0.141. The Hall–Kier alpha value is -0.860. The molecule has 0 saturated carbocycles. The molecule has 1 aromatic carbocycles. The van der Waals surface area contributed by atoms with Crippen molar-refractivity contribution in [2.75, 3.05) is 20.3 Å². The molecule has 19 heavy (non-hydrogen) atoms. The Balaban J connectivity index is 2.94. The van der Waals surface area contributed by atoms with Gasteiger partial charge in [-0.2, -0.15) is 0 Å². The fraction of sp³-hybridized carbons (Fsp3) is 0.647. The summed E-state index contributed by atoms with van der Waals surface area (Å²) in [5, 5.41) is 3.67. The van der Waals surface area contributed by atoms with E-state index in [9.17, 15) is 0 Å². The molecule has 1 unspecified atom stereocenters. The zero-order chi connectivity index (χ0) is 14.4. The number of hydrogen-bond donors (Lipinski definition) is 1. The van der Waals surface area contributed by atoms with Crippen molar-refractivity contribution in [2.45, 2.75) is 51.5 Å². The van der Waals surface area contributed by atoms with E-state index in [-0.39, 0.29) is 11.0 Å². The summed E-state index contributed by atoms with van der Waals surface area (Å²) in [5.41, 5.74) is 1.71. The van der Waals surface area contributed by atoms with Crippen LogP contribution in [0.1, 0.15) is 46.1 Å². The first-order valence-corrected chi connectivity index (χ1v) is 7.23. The Morgan fingerprint density at radius 1 is 1.11 bits per heavy atom. The van der Waals surface area contributed by atoms with E-state index >= 15 is 0 Å². The second-order valence-corrected chi connectivity index (χ2v) is 6.35. The third-order valence-electron chi connectivity index (χ3n) is 3.80. The quantitative estimate of drug-likeness (QED) is 0.809. The van der Waals surface area contributed by atoms with Gasteiger partial charge in [0.1, 0.15) is 0 Å². The molecule has 1 atom stereocenters. The molecule has 0 amide bonds. The van der Waals surface area contributed by atoms with Crippen LogP contribution in [0, 0.1) is 0 Å². The van der Waals surface area contributed by atoms with E-state index in [0.717, 1.165) is 26.0 Å². The third kappa shape index (κ3) is 4.96. The van der Waals surface area contributed by atoms with Crippen LogP contribution in [0.4, 0.5) is 0 Å². The lowest BCUT2D eigenvalue weighted by atomic mass is 9.75. The second kappa shape index (κ2) is 7.06. The number of methoxy groups -OCH3 is 1. The molecule has 1 rings (SSSR count). The summed E-state index contributed by atoms with van der Waals surface area (Å²) < 4.78 is 5.32. The van der Waals surface area contributed by atoms with E-state index in [1.807, 2.05) is 0 Å². The van der Waals surface area contributed by atoms with Gasteiger partial charge in [0.05, 0.1) is 0 Å². The summed E-state index contributed by atoms with van der Waals surface area (Å²) in [6, 6.07) is 10.8. The van der Waals surface area contributed by atoms with Gasteiger partial charge >= 0.3 is 0 Å². The van der Waals surface area contributed by atoms with Crippen LogP contribution in [0.25, 0.3) is 0 Å². The first-order valence-electron chi connectivity index (χ1n) is 7.23. The molecule has 0 fully saturated rings. The zero-order valence-electron chi connectivity index (χ0n) is 13.1. The van der Waals surface area contributed by atoms with Gasteiger partial charge in [-0.05, 0) is 39.2 Å². The van der Waals surface area contributed by atoms with Crippen molar-refractivity contribution in [2.24, 2.45) is 0 Å². The van der Waals surface area contributed by atoms with Gasteiger partial charge in [-0.3, -0.25) is 0 Å². The molecule has 0 radical (unpaired) electrons. The Kier molecular flexibility index (Phi) is 6.02. The van der Waals surface area contributed by atoms with Crippen LogP contribution >= 0.6 is 0 Å². The Bertz CT molecular complexity index is 355. The average molecular weight is 263 g/mol. The molecule has 0 aliphatic rings. The number of nitrogens with one attached hydrogen (secondary N) is 1. The first-order chi connectivity index (χ1) is 8.93. The zero-order valence-corrected chi connectivity index (χ0v) is 13.1. The molecule has 0 aliphatic carbocycles. The molecular formula is C17H29NO. The summed E-state index contributed by atoms with van der Waals surface area (Å²) >= 11 is 0. The predicted octanol–water partition coefficient (Wildman–Crippen LogP) is 3.76. The van der Waals surface area contributed by atoms with Crippen molar-refractivity contribution in [1.82, 2.24) is 5.32 Å². The molecule has 0 saturated heterocycles. The minimum Gasteiger partial charge on any atom is -0.385 e. The van der Waals surface area contributed by atoms with Crippen molar-refractivity contribution in [3.05, 3.63) is 35.9 Å². The molecule has 108 valence electrons. The van der Waals surface area contributed by atoms with Gasteiger partial charge in [-0.15, -0.1) is 0 Å². The molecular weight excluding hydrogens is 234 g/mol. The Morgan fingerprint density at radius 2 is 1.74 bits per heavy atom. The van der Waals surface area contributed by atoms with E-state index in [4.69, 9.17) is 4.74 Å². The van der Waals surface area contributed by atoms with Crippen LogP contribution in [0.3, 0.4) is 0 Å². The third-order valence-corrected chi connectivity index (χ3v) is 3.80. The summed E-state index contributed by atoms with van der Waals surface area (Å²) in [7, 11) is 1.78. The van der Waals surface area contributed by atoms with Crippen LogP contribution in [0.2, 0.25) is 0 Å². The molecule has 0 bridgehead atoms. The second-order valence-electron chi connectivity index (χ2n) is 6.35. The highest BCUT2D eigenvalue weighted by molar-refractivity contribution is 5.26. The van der Waals surface area contributed by atoms with E-state index < -0.39 is 0 Å². The molecule has 1 aromatic rings. The van der Waals surface area contributed by atoms with E-state index in [2.05, 4.69) is 63.3 Å². The summed E-state index contributed by atoms with van der Waals surface area (Å²) in [6.07, 6.45) is 2.16. The van der Waals surface area contributed by atoms with Gasteiger partial charge < -0.3 is 10.1 Å². The smallest absolute Gasteiger partial charge is 0.0471 e. The van der Waals surface area contributed by atoms with Crippen molar-refractivity contribution < 1.29 is 4.74 Å². The van der Waals surface area contributed by atoms with Crippen molar-refractivity contribution in [3.8, 4) is 0 Å². The monoisotopic (exact) mass is 263 g/mol. The molecule has 0 heterocycles. The fourth-order valence-electron chi connectivity index (χ4n) is 2.36. The van der Waals surface area contributed by atoms with Crippen molar-refractivity contribution >= 4 is 0 Å². The molecule has 2 nitrogen and oxygen atoms in total. The summed E-state index contributed by atoms with van der Waals surface area (Å²) in [4.78, 5) is 0. The lowest BCUT2D eigenvalue weighted by molar-refractivity contribution is 0.159. The minimum atomic E-state index is 0.141. The van der Waals surface area contributed by atoms with Crippen LogP contribution in [0.15, 0.2) is 30.3 Å². The lowest BCUT2D eigenvalue weighted by Crippen LogP contribution is -2.46. The van der Waals surface area contributed by atoms with Gasteiger partial charge in [0, 0.05) is 31.2 Å². The Morgan fingerprint density at radius 3 is 2.21 bits per heavy atom. The van der Waals surface area contributed by atoms with Crippen LogP contribution in [0.5, 0.6) is 0 Å². The van der Waals surface area contributed by atoms with Gasteiger partial charge in [-0.25, -0.2) is 0 Å². The highest BCUT2D eigenvalue weighted by Crippen LogP contribution is 2.31. The SMILES string of the molecule is CCC(CCOC)(CNC(C)(C)C)c1ccccc1. The van der Waals surface area contributed by atoms with E-state index in [0.29, 0.717) is 0 Å². The van der Waals surface area contributed by atoms with E-state index in [1.54, 1.807) is 7.11 Å². The van der Waals surface area contributed by atoms with Gasteiger partial charge in [0.15, 0.2) is 0 Å². The molecule has 0 aromatic heterocycles. The summed E-state index contributed by atoms with van der Waals surface area (Å²) in [6.45, 7) is 10.7. The number of ether oxygens (including phenoxy) is 1. The maximum absolute atomic E-state index is 5.32. The first kappa shape index (κ1) is 16.2.